The van der Waals surface area contributed by atoms with Crippen LogP contribution in [0.3, 0.4) is 0 Å². The Morgan fingerprint density at radius 2 is 1.81 bits per heavy atom. The van der Waals surface area contributed by atoms with E-state index in [4.69, 9.17) is 14.2 Å². The number of methoxy groups -OCH3 is 1. The second-order valence-corrected chi connectivity index (χ2v) is 7.59. The molecule has 3 rings (SSSR count). The van der Waals surface area contributed by atoms with Crippen LogP contribution in [-0.2, 0) is 19.1 Å². The molecule has 1 aromatic rings. The van der Waals surface area contributed by atoms with Gasteiger partial charge in [0, 0.05) is 0 Å². The number of nitrogens with one attached hydrogen (secondary N) is 2. The molecule has 0 bridgehead atoms. The summed E-state index contributed by atoms with van der Waals surface area (Å²) in [5.74, 6) is -0.768. The third-order valence-corrected chi connectivity index (χ3v) is 5.51. The molecule has 1 heterocycles. The van der Waals surface area contributed by atoms with Crippen molar-refractivity contribution in [1.82, 2.24) is 10.6 Å². The molecule has 1 fully saturated rings. The molecule has 9 nitrogen and oxygen atoms in total. The normalized spacial score (nSPS) is 20.4. The van der Waals surface area contributed by atoms with Crippen LogP contribution in [0.25, 0.3) is 0 Å². The SMILES string of the molecule is CCOC(=O)C1=C(COC(=O)C2(O)CCCCC2)NC(=O)NC1c1ccc(OC)cc1. The zero-order chi connectivity index (χ0) is 22.4. The van der Waals surface area contributed by atoms with Crippen LogP contribution in [0.2, 0.25) is 0 Å². The largest absolute Gasteiger partial charge is 0.497 e. The number of ether oxygens (including phenoxy) is 3. The van der Waals surface area contributed by atoms with Gasteiger partial charge in [-0.25, -0.2) is 14.4 Å². The van der Waals surface area contributed by atoms with Crippen molar-refractivity contribution in [2.45, 2.75) is 50.7 Å². The van der Waals surface area contributed by atoms with Gasteiger partial charge in [-0.15, -0.1) is 0 Å². The Labute approximate surface area is 180 Å². The summed E-state index contributed by atoms with van der Waals surface area (Å²) in [7, 11) is 1.54. The Morgan fingerprint density at radius 3 is 2.42 bits per heavy atom. The van der Waals surface area contributed by atoms with Gasteiger partial charge in [0.2, 0.25) is 0 Å². The van der Waals surface area contributed by atoms with E-state index < -0.39 is 29.6 Å². The molecule has 168 valence electrons. The number of benzene rings is 1. The molecule has 2 amide bonds. The number of urea groups is 1. The van der Waals surface area contributed by atoms with E-state index in [-0.39, 0.29) is 24.5 Å². The van der Waals surface area contributed by atoms with Gasteiger partial charge < -0.3 is 30.0 Å². The highest BCUT2D eigenvalue weighted by Crippen LogP contribution is 2.31. The summed E-state index contributed by atoms with van der Waals surface area (Å²) in [5.41, 5.74) is -0.644. The summed E-state index contributed by atoms with van der Waals surface area (Å²) in [6, 6.07) is 5.53. The summed E-state index contributed by atoms with van der Waals surface area (Å²) in [4.78, 5) is 37.6. The van der Waals surface area contributed by atoms with Crippen LogP contribution < -0.4 is 15.4 Å². The molecule has 2 aliphatic rings. The van der Waals surface area contributed by atoms with Crippen LogP contribution in [0.1, 0.15) is 50.6 Å². The maximum absolute atomic E-state index is 12.7. The van der Waals surface area contributed by atoms with E-state index in [1.54, 1.807) is 31.2 Å². The van der Waals surface area contributed by atoms with Gasteiger partial charge in [-0.1, -0.05) is 18.6 Å². The summed E-state index contributed by atoms with van der Waals surface area (Å²) < 4.78 is 15.7. The van der Waals surface area contributed by atoms with Crippen LogP contribution in [0, 0.1) is 0 Å². The third-order valence-electron chi connectivity index (χ3n) is 5.51. The lowest BCUT2D eigenvalue weighted by Crippen LogP contribution is -2.48. The lowest BCUT2D eigenvalue weighted by atomic mass is 9.85. The maximum Gasteiger partial charge on any atom is 0.338 e. The van der Waals surface area contributed by atoms with Crippen molar-refractivity contribution in [3.63, 3.8) is 0 Å². The summed E-state index contributed by atoms with van der Waals surface area (Å²) in [6.45, 7) is 1.45. The monoisotopic (exact) mass is 432 g/mol. The first-order valence-corrected chi connectivity index (χ1v) is 10.4. The van der Waals surface area contributed by atoms with E-state index >= 15 is 0 Å². The average Bonchev–Trinajstić information content (AvgIpc) is 2.77. The molecule has 1 saturated carbocycles. The number of carbonyl (C=O) groups excluding carboxylic acids is 3. The van der Waals surface area contributed by atoms with Crippen LogP contribution >= 0.6 is 0 Å². The van der Waals surface area contributed by atoms with Crippen LogP contribution in [-0.4, -0.2) is 49.0 Å². The molecule has 1 atom stereocenters. The molecular formula is C22H28N2O7. The lowest BCUT2D eigenvalue weighted by molar-refractivity contribution is -0.168. The van der Waals surface area contributed by atoms with E-state index in [0.717, 1.165) is 19.3 Å². The first kappa shape index (κ1) is 22.6. The van der Waals surface area contributed by atoms with E-state index in [0.29, 0.717) is 24.2 Å². The van der Waals surface area contributed by atoms with Crippen molar-refractivity contribution in [2.24, 2.45) is 0 Å². The summed E-state index contributed by atoms with van der Waals surface area (Å²) >= 11 is 0. The fourth-order valence-corrected chi connectivity index (χ4v) is 3.84. The van der Waals surface area contributed by atoms with Crippen LogP contribution in [0.5, 0.6) is 5.75 Å². The Morgan fingerprint density at radius 1 is 1.13 bits per heavy atom. The van der Waals surface area contributed by atoms with Crippen molar-refractivity contribution >= 4 is 18.0 Å². The van der Waals surface area contributed by atoms with Gasteiger partial charge in [0.05, 0.1) is 31.0 Å². The second kappa shape index (κ2) is 9.82. The van der Waals surface area contributed by atoms with Crippen molar-refractivity contribution in [1.29, 1.82) is 0 Å². The number of rotatable bonds is 7. The van der Waals surface area contributed by atoms with Gasteiger partial charge in [0.15, 0.2) is 5.60 Å². The van der Waals surface area contributed by atoms with Gasteiger partial charge in [-0.3, -0.25) is 0 Å². The first-order valence-electron chi connectivity index (χ1n) is 10.4. The molecule has 1 unspecified atom stereocenters. The molecule has 31 heavy (non-hydrogen) atoms. The molecule has 3 N–H and O–H groups in total. The molecule has 0 saturated heterocycles. The average molecular weight is 432 g/mol. The highest BCUT2D eigenvalue weighted by Gasteiger charge is 2.40. The predicted molar refractivity (Wildman–Crippen MR) is 110 cm³/mol. The van der Waals surface area contributed by atoms with Crippen molar-refractivity contribution < 1.29 is 33.7 Å². The minimum absolute atomic E-state index is 0.121. The molecular weight excluding hydrogens is 404 g/mol. The zero-order valence-electron chi connectivity index (χ0n) is 17.7. The molecule has 1 aromatic carbocycles. The Bertz CT molecular complexity index is 857. The first-order chi connectivity index (χ1) is 14.9. The standard InChI is InChI=1S/C22H28N2O7/c1-3-30-19(25)17-16(13-31-20(26)22(28)11-5-4-6-12-22)23-21(27)24-18(17)14-7-9-15(29-2)10-8-14/h7-10,18,28H,3-6,11-13H2,1-2H3,(H2,23,24,27). The fraction of sp³-hybridized carbons (Fsp3) is 0.500. The van der Waals surface area contributed by atoms with Crippen LogP contribution in [0.4, 0.5) is 4.79 Å². The van der Waals surface area contributed by atoms with Gasteiger partial charge in [-0.2, -0.15) is 0 Å². The summed E-state index contributed by atoms with van der Waals surface area (Å²) in [5, 5.41) is 15.8. The molecule has 9 heteroatoms. The predicted octanol–water partition coefficient (Wildman–Crippen LogP) is 2.10. The topological polar surface area (TPSA) is 123 Å². The van der Waals surface area contributed by atoms with E-state index in [1.807, 2.05) is 0 Å². The van der Waals surface area contributed by atoms with E-state index in [1.165, 1.54) is 7.11 Å². The second-order valence-electron chi connectivity index (χ2n) is 7.59. The number of amides is 2. The molecule has 1 aliphatic heterocycles. The number of carbonyl (C=O) groups is 3. The minimum Gasteiger partial charge on any atom is -0.497 e. The lowest BCUT2D eigenvalue weighted by Gasteiger charge is -2.31. The molecule has 0 aromatic heterocycles. The minimum atomic E-state index is -1.53. The van der Waals surface area contributed by atoms with Gasteiger partial charge in [0.1, 0.15) is 12.4 Å². The fourth-order valence-electron chi connectivity index (χ4n) is 3.84. The number of esters is 2. The highest BCUT2D eigenvalue weighted by atomic mass is 16.6. The third kappa shape index (κ3) is 5.16. The zero-order valence-corrected chi connectivity index (χ0v) is 17.7. The molecule has 1 aliphatic carbocycles. The Kier molecular flexibility index (Phi) is 7.17. The molecule has 0 radical (unpaired) electrons. The highest BCUT2D eigenvalue weighted by molar-refractivity contribution is 5.95. The van der Waals surface area contributed by atoms with Gasteiger partial charge in [-0.05, 0) is 50.3 Å². The number of hydrogen-bond acceptors (Lipinski definition) is 7. The van der Waals surface area contributed by atoms with Crippen molar-refractivity contribution in [2.75, 3.05) is 20.3 Å². The van der Waals surface area contributed by atoms with E-state index in [9.17, 15) is 19.5 Å². The van der Waals surface area contributed by atoms with Crippen LogP contribution in [0.15, 0.2) is 35.5 Å². The van der Waals surface area contributed by atoms with E-state index in [2.05, 4.69) is 10.6 Å². The smallest absolute Gasteiger partial charge is 0.338 e. The Balaban J connectivity index is 1.88. The van der Waals surface area contributed by atoms with Gasteiger partial charge in [0.25, 0.3) is 0 Å². The Hall–Kier alpha value is -3.07. The quantitative estimate of drug-likeness (QED) is 0.564. The van der Waals surface area contributed by atoms with Gasteiger partial charge >= 0.3 is 18.0 Å². The van der Waals surface area contributed by atoms with Crippen molar-refractivity contribution in [3.05, 3.63) is 41.1 Å². The number of aliphatic hydroxyl groups is 1. The maximum atomic E-state index is 12.7. The number of hydrogen-bond donors (Lipinski definition) is 3. The summed E-state index contributed by atoms with van der Waals surface area (Å²) in [6.07, 6.45) is 3.10. The van der Waals surface area contributed by atoms with Crippen molar-refractivity contribution in [3.8, 4) is 5.75 Å². The molecule has 0 spiro atoms.